The summed E-state index contributed by atoms with van der Waals surface area (Å²) < 4.78 is 12.8. The molecule has 0 amide bonds. The average molecular weight is 373 g/mol. The highest BCUT2D eigenvalue weighted by molar-refractivity contribution is 9.10. The normalized spacial score (nSPS) is 16.1. The van der Waals surface area contributed by atoms with Crippen LogP contribution in [0.5, 0.6) is 5.88 Å². The number of halogens is 1. The quantitative estimate of drug-likeness (QED) is 0.543. The fraction of sp³-hybridized carbons (Fsp3) is 0.733. The van der Waals surface area contributed by atoms with E-state index in [0.717, 1.165) is 10.2 Å². The van der Waals surface area contributed by atoms with E-state index in [9.17, 15) is 0 Å². The van der Waals surface area contributed by atoms with Crippen LogP contribution >= 0.6 is 15.9 Å². The van der Waals surface area contributed by atoms with Crippen molar-refractivity contribution < 1.29 is 9.16 Å². The maximum atomic E-state index is 6.10. The van der Waals surface area contributed by atoms with Gasteiger partial charge in [0.05, 0.1) is 12.3 Å². The topological polar surface area (TPSA) is 44.2 Å². The van der Waals surface area contributed by atoms with Gasteiger partial charge in [0, 0.05) is 5.92 Å². The minimum Gasteiger partial charge on any atom is -0.474 e. The molecule has 4 nitrogen and oxygen atoms in total. The van der Waals surface area contributed by atoms with Crippen molar-refractivity contribution in [2.45, 2.75) is 57.7 Å². The van der Waals surface area contributed by atoms with Crippen molar-refractivity contribution in [3.8, 4) is 5.88 Å². The fourth-order valence-corrected chi connectivity index (χ4v) is 3.43. The Balaban J connectivity index is 1.86. The van der Waals surface area contributed by atoms with Gasteiger partial charge in [-0.3, -0.25) is 0 Å². The first-order valence-electron chi connectivity index (χ1n) is 7.49. The highest BCUT2D eigenvalue weighted by Gasteiger charge is 2.37. The Morgan fingerprint density at radius 2 is 1.90 bits per heavy atom. The standard InChI is InChI=1S/C15H25BrN2O2Si/c1-15(2,3)21(4,5)20-9-8-19-14-12(16)13(11-6-7-11)17-10-18-14/h10-11H,6-9H2,1-5H3. The molecule has 21 heavy (non-hydrogen) atoms. The van der Waals surface area contributed by atoms with E-state index in [4.69, 9.17) is 9.16 Å². The molecule has 2 rings (SSSR count). The van der Waals surface area contributed by atoms with Gasteiger partial charge in [-0.2, -0.15) is 0 Å². The van der Waals surface area contributed by atoms with Crippen LogP contribution in [0.2, 0.25) is 18.1 Å². The minimum atomic E-state index is -1.70. The average Bonchev–Trinajstić information content (AvgIpc) is 3.19. The van der Waals surface area contributed by atoms with Crippen LogP contribution in [0.3, 0.4) is 0 Å². The van der Waals surface area contributed by atoms with E-state index in [0.29, 0.717) is 25.0 Å². The first-order chi connectivity index (χ1) is 9.72. The van der Waals surface area contributed by atoms with Gasteiger partial charge in [-0.25, -0.2) is 9.97 Å². The Hall–Kier alpha value is -0.463. The van der Waals surface area contributed by atoms with Gasteiger partial charge in [0.1, 0.15) is 17.4 Å². The van der Waals surface area contributed by atoms with Crippen LogP contribution in [0.25, 0.3) is 0 Å². The molecule has 1 aromatic heterocycles. The number of rotatable bonds is 6. The first kappa shape index (κ1) is 16.9. The monoisotopic (exact) mass is 372 g/mol. The second kappa shape index (κ2) is 6.34. The number of hydrogen-bond acceptors (Lipinski definition) is 4. The number of ether oxygens (including phenoxy) is 1. The van der Waals surface area contributed by atoms with E-state index >= 15 is 0 Å². The van der Waals surface area contributed by atoms with E-state index in [1.807, 2.05) is 0 Å². The van der Waals surface area contributed by atoms with Crippen molar-refractivity contribution in [3.63, 3.8) is 0 Å². The summed E-state index contributed by atoms with van der Waals surface area (Å²) in [6.07, 6.45) is 4.01. The third-order valence-electron chi connectivity index (χ3n) is 4.34. The molecule has 0 saturated heterocycles. The molecule has 0 aliphatic heterocycles. The molecule has 0 spiro atoms. The van der Waals surface area contributed by atoms with E-state index in [2.05, 4.69) is 59.8 Å². The lowest BCUT2D eigenvalue weighted by atomic mass is 10.2. The summed E-state index contributed by atoms with van der Waals surface area (Å²) in [7, 11) is -1.70. The molecule has 0 bridgehead atoms. The van der Waals surface area contributed by atoms with Gasteiger partial charge >= 0.3 is 0 Å². The molecule has 0 radical (unpaired) electrons. The highest BCUT2D eigenvalue weighted by atomic mass is 79.9. The third kappa shape index (κ3) is 4.26. The summed E-state index contributed by atoms with van der Waals surface area (Å²) in [4.78, 5) is 8.55. The van der Waals surface area contributed by atoms with Crippen molar-refractivity contribution >= 4 is 24.2 Å². The molecule has 0 atom stereocenters. The largest absolute Gasteiger partial charge is 0.474 e. The zero-order chi connectivity index (χ0) is 15.7. The molecule has 0 unspecified atom stereocenters. The summed E-state index contributed by atoms with van der Waals surface area (Å²) in [5.41, 5.74) is 1.07. The summed E-state index contributed by atoms with van der Waals surface area (Å²) in [5.74, 6) is 1.21. The molecule has 0 N–H and O–H groups in total. The summed E-state index contributed by atoms with van der Waals surface area (Å²) >= 11 is 3.56. The molecular weight excluding hydrogens is 348 g/mol. The van der Waals surface area contributed by atoms with Gasteiger partial charge in [-0.05, 0) is 46.9 Å². The van der Waals surface area contributed by atoms with E-state index in [1.54, 1.807) is 6.33 Å². The van der Waals surface area contributed by atoms with Gasteiger partial charge in [0.25, 0.3) is 0 Å². The highest BCUT2D eigenvalue weighted by Crippen LogP contribution is 2.43. The summed E-state index contributed by atoms with van der Waals surface area (Å²) in [5, 5.41) is 0.224. The Bertz CT molecular complexity index is 499. The van der Waals surface area contributed by atoms with Crippen LogP contribution in [-0.4, -0.2) is 31.5 Å². The fourth-order valence-electron chi connectivity index (χ4n) is 1.76. The Morgan fingerprint density at radius 3 is 2.48 bits per heavy atom. The number of hydrogen-bond donors (Lipinski definition) is 0. The molecular formula is C15H25BrN2O2Si. The zero-order valence-electron chi connectivity index (χ0n) is 13.6. The summed E-state index contributed by atoms with van der Waals surface area (Å²) in [6, 6.07) is 0. The van der Waals surface area contributed by atoms with Crippen LogP contribution in [-0.2, 0) is 4.43 Å². The summed E-state index contributed by atoms with van der Waals surface area (Å²) in [6.45, 7) is 12.3. The van der Waals surface area contributed by atoms with Gasteiger partial charge in [0.2, 0.25) is 5.88 Å². The van der Waals surface area contributed by atoms with Gasteiger partial charge in [-0.15, -0.1) is 0 Å². The maximum absolute atomic E-state index is 6.10. The maximum Gasteiger partial charge on any atom is 0.231 e. The second-order valence-corrected chi connectivity index (χ2v) is 12.7. The van der Waals surface area contributed by atoms with Crippen LogP contribution in [0.4, 0.5) is 0 Å². The van der Waals surface area contributed by atoms with Crippen LogP contribution in [0.1, 0.15) is 45.2 Å². The number of aromatic nitrogens is 2. The van der Waals surface area contributed by atoms with Gasteiger partial charge in [-0.1, -0.05) is 20.8 Å². The second-order valence-electron chi connectivity index (χ2n) is 7.11. The Labute approximate surface area is 136 Å². The number of nitrogens with zero attached hydrogens (tertiary/aromatic N) is 2. The van der Waals surface area contributed by atoms with Crippen molar-refractivity contribution in [2.75, 3.05) is 13.2 Å². The van der Waals surface area contributed by atoms with Crippen molar-refractivity contribution in [1.29, 1.82) is 0 Å². The lowest BCUT2D eigenvalue weighted by Crippen LogP contribution is -2.41. The molecule has 1 heterocycles. The van der Waals surface area contributed by atoms with Gasteiger partial charge in [0.15, 0.2) is 8.32 Å². The molecule has 1 fully saturated rings. The van der Waals surface area contributed by atoms with Gasteiger partial charge < -0.3 is 9.16 Å². The predicted molar refractivity (Wildman–Crippen MR) is 90.4 cm³/mol. The van der Waals surface area contributed by atoms with Crippen molar-refractivity contribution in [2.24, 2.45) is 0 Å². The van der Waals surface area contributed by atoms with E-state index < -0.39 is 8.32 Å². The Morgan fingerprint density at radius 1 is 1.24 bits per heavy atom. The van der Waals surface area contributed by atoms with E-state index in [-0.39, 0.29) is 5.04 Å². The Kier molecular flexibility index (Phi) is 5.10. The molecule has 6 heteroatoms. The lowest BCUT2D eigenvalue weighted by molar-refractivity contribution is 0.198. The van der Waals surface area contributed by atoms with Crippen molar-refractivity contribution in [3.05, 3.63) is 16.5 Å². The van der Waals surface area contributed by atoms with Crippen LogP contribution < -0.4 is 4.74 Å². The zero-order valence-corrected chi connectivity index (χ0v) is 16.2. The third-order valence-corrected chi connectivity index (χ3v) is 9.62. The first-order valence-corrected chi connectivity index (χ1v) is 11.2. The molecule has 1 aliphatic rings. The predicted octanol–water partition coefficient (Wildman–Crippen LogP) is 4.52. The van der Waals surface area contributed by atoms with E-state index in [1.165, 1.54) is 12.8 Å². The van der Waals surface area contributed by atoms with Crippen LogP contribution in [0, 0.1) is 0 Å². The van der Waals surface area contributed by atoms with Crippen LogP contribution in [0.15, 0.2) is 10.8 Å². The molecule has 118 valence electrons. The smallest absolute Gasteiger partial charge is 0.231 e. The molecule has 0 aromatic carbocycles. The SMILES string of the molecule is CC(C)(C)[Si](C)(C)OCCOc1ncnc(C2CC2)c1Br. The lowest BCUT2D eigenvalue weighted by Gasteiger charge is -2.36. The van der Waals surface area contributed by atoms with Crippen molar-refractivity contribution in [1.82, 2.24) is 9.97 Å². The molecule has 1 saturated carbocycles. The molecule has 1 aliphatic carbocycles. The molecule has 1 aromatic rings. The minimum absolute atomic E-state index is 0.224.